The van der Waals surface area contributed by atoms with Crippen LogP contribution in [0.25, 0.3) is 0 Å². The van der Waals surface area contributed by atoms with E-state index in [0.29, 0.717) is 22.7 Å². The van der Waals surface area contributed by atoms with Crippen molar-refractivity contribution < 1.29 is 18.4 Å². The Labute approximate surface area is 161 Å². The van der Waals surface area contributed by atoms with Crippen molar-refractivity contribution in [1.29, 1.82) is 0 Å². The van der Waals surface area contributed by atoms with E-state index in [2.05, 4.69) is 15.8 Å². The van der Waals surface area contributed by atoms with E-state index in [1.807, 2.05) is 0 Å². The number of amides is 2. The monoisotopic (exact) mass is 379 g/mol. The number of carbonyl (C=O) groups excluding carboxylic acids is 2. The molecular formula is C21H18FN3O3. The number of halogens is 1. The largest absolute Gasteiger partial charge is 0.469 e. The van der Waals surface area contributed by atoms with E-state index >= 15 is 0 Å². The number of benzene rings is 2. The fourth-order valence-electron chi connectivity index (χ4n) is 2.52. The second-order valence-corrected chi connectivity index (χ2v) is 6.04. The van der Waals surface area contributed by atoms with Gasteiger partial charge in [0.15, 0.2) is 0 Å². The molecule has 0 aliphatic rings. The summed E-state index contributed by atoms with van der Waals surface area (Å²) in [6.07, 6.45) is 1.44. The molecule has 0 fully saturated rings. The van der Waals surface area contributed by atoms with Crippen molar-refractivity contribution in [2.45, 2.75) is 13.8 Å². The van der Waals surface area contributed by atoms with Crippen molar-refractivity contribution in [3.05, 3.63) is 89.1 Å². The second kappa shape index (κ2) is 8.30. The van der Waals surface area contributed by atoms with E-state index in [4.69, 9.17) is 4.42 Å². The van der Waals surface area contributed by atoms with E-state index in [1.54, 1.807) is 50.2 Å². The van der Waals surface area contributed by atoms with Crippen LogP contribution in [0.1, 0.15) is 39.0 Å². The van der Waals surface area contributed by atoms with Gasteiger partial charge in [0.2, 0.25) is 0 Å². The van der Waals surface area contributed by atoms with Crippen LogP contribution in [0.5, 0.6) is 0 Å². The topological polar surface area (TPSA) is 83.7 Å². The molecule has 3 aromatic rings. The molecule has 2 N–H and O–H groups in total. The fourth-order valence-corrected chi connectivity index (χ4v) is 2.52. The lowest BCUT2D eigenvalue weighted by Gasteiger charge is -2.07. The first-order valence-electron chi connectivity index (χ1n) is 8.50. The average Bonchev–Trinajstić information content (AvgIpc) is 3.12. The summed E-state index contributed by atoms with van der Waals surface area (Å²) in [5.74, 6) is -0.957. The zero-order valence-electron chi connectivity index (χ0n) is 15.3. The van der Waals surface area contributed by atoms with Crippen LogP contribution in [0.2, 0.25) is 0 Å². The van der Waals surface area contributed by atoms with Gasteiger partial charge in [-0.15, -0.1) is 0 Å². The summed E-state index contributed by atoms with van der Waals surface area (Å²) in [7, 11) is 0. The molecule has 1 aromatic heterocycles. The number of hydrogen-bond donors (Lipinski definition) is 2. The minimum Gasteiger partial charge on any atom is -0.469 e. The minimum absolute atomic E-state index is 0.0263. The van der Waals surface area contributed by atoms with E-state index in [-0.39, 0.29) is 11.5 Å². The minimum atomic E-state index is -0.580. The zero-order valence-corrected chi connectivity index (χ0v) is 15.3. The summed E-state index contributed by atoms with van der Waals surface area (Å²) >= 11 is 0. The summed E-state index contributed by atoms with van der Waals surface area (Å²) in [5.41, 5.74) is 4.73. The van der Waals surface area contributed by atoms with Gasteiger partial charge in [0.1, 0.15) is 11.6 Å². The maximum atomic E-state index is 13.7. The molecule has 142 valence electrons. The Hall–Kier alpha value is -3.74. The van der Waals surface area contributed by atoms with Crippen LogP contribution in [-0.4, -0.2) is 17.5 Å². The molecule has 2 aromatic carbocycles. The summed E-state index contributed by atoms with van der Waals surface area (Å²) in [6.45, 7) is 3.44. The third kappa shape index (κ3) is 4.32. The van der Waals surface area contributed by atoms with Crippen molar-refractivity contribution >= 4 is 23.2 Å². The first kappa shape index (κ1) is 19.0. The van der Waals surface area contributed by atoms with Crippen LogP contribution in [0.3, 0.4) is 0 Å². The summed E-state index contributed by atoms with van der Waals surface area (Å²) in [6, 6.07) is 14.2. The van der Waals surface area contributed by atoms with Gasteiger partial charge in [0.05, 0.1) is 23.1 Å². The first-order valence-corrected chi connectivity index (χ1v) is 8.50. The predicted octanol–water partition coefficient (Wildman–Crippen LogP) is 4.13. The summed E-state index contributed by atoms with van der Waals surface area (Å²) in [5, 5.41) is 6.72. The average molecular weight is 379 g/mol. The smallest absolute Gasteiger partial charge is 0.274 e. The van der Waals surface area contributed by atoms with E-state index < -0.39 is 11.7 Å². The lowest BCUT2D eigenvalue weighted by Crippen LogP contribution is -2.19. The molecule has 0 aliphatic heterocycles. The Balaban J connectivity index is 1.65. The number of anilines is 1. The molecule has 0 unspecified atom stereocenters. The molecule has 0 saturated heterocycles. The molecule has 0 aliphatic carbocycles. The van der Waals surface area contributed by atoms with Crippen LogP contribution in [-0.2, 0) is 0 Å². The Bertz CT molecular complexity index is 1040. The van der Waals surface area contributed by atoms with Crippen LogP contribution in [0.4, 0.5) is 10.1 Å². The summed E-state index contributed by atoms with van der Waals surface area (Å²) in [4.78, 5) is 24.2. The second-order valence-electron chi connectivity index (χ2n) is 6.04. The zero-order chi connectivity index (χ0) is 20.1. The van der Waals surface area contributed by atoms with Crippen LogP contribution < -0.4 is 10.7 Å². The van der Waals surface area contributed by atoms with Gasteiger partial charge < -0.3 is 9.73 Å². The fraction of sp³-hybridized carbons (Fsp3) is 0.0952. The number of nitrogens with zero attached hydrogens (tertiary/aromatic N) is 1. The molecule has 7 heteroatoms. The number of nitrogens with one attached hydrogen (secondary N) is 2. The Morgan fingerprint density at radius 1 is 0.964 bits per heavy atom. The van der Waals surface area contributed by atoms with Crippen molar-refractivity contribution in [3.63, 3.8) is 0 Å². The molecule has 3 rings (SSSR count). The molecule has 0 atom stereocenters. The van der Waals surface area contributed by atoms with Crippen LogP contribution >= 0.6 is 0 Å². The number of rotatable bonds is 5. The molecule has 2 amide bonds. The van der Waals surface area contributed by atoms with Crippen molar-refractivity contribution in [2.24, 2.45) is 5.10 Å². The third-order valence-electron chi connectivity index (χ3n) is 4.11. The maximum absolute atomic E-state index is 13.7. The van der Waals surface area contributed by atoms with Gasteiger partial charge in [-0.25, -0.2) is 9.82 Å². The Morgan fingerprint density at radius 2 is 1.68 bits per heavy atom. The third-order valence-corrected chi connectivity index (χ3v) is 4.11. The molecule has 6 nitrogen and oxygen atoms in total. The predicted molar refractivity (Wildman–Crippen MR) is 104 cm³/mol. The van der Waals surface area contributed by atoms with E-state index in [1.165, 1.54) is 24.5 Å². The van der Waals surface area contributed by atoms with Crippen molar-refractivity contribution in [2.75, 3.05) is 5.32 Å². The van der Waals surface area contributed by atoms with E-state index in [0.717, 1.165) is 5.56 Å². The highest BCUT2D eigenvalue weighted by Gasteiger charge is 2.12. The lowest BCUT2D eigenvalue weighted by molar-refractivity contribution is 0.0952. The van der Waals surface area contributed by atoms with Crippen LogP contribution in [0.15, 0.2) is 70.4 Å². The number of carbonyl (C=O) groups is 2. The normalized spacial score (nSPS) is 11.2. The SMILES string of the molecule is C/C(=N/NC(=O)c1ccoc1C)c1ccc(NC(=O)c2ccccc2F)cc1. The quantitative estimate of drug-likeness (QED) is 0.516. The number of furan rings is 1. The first-order chi connectivity index (χ1) is 13.5. The lowest BCUT2D eigenvalue weighted by atomic mass is 10.1. The highest BCUT2D eigenvalue weighted by atomic mass is 19.1. The molecule has 0 spiro atoms. The van der Waals surface area contributed by atoms with Crippen molar-refractivity contribution in [1.82, 2.24) is 5.43 Å². The molecular weight excluding hydrogens is 361 g/mol. The van der Waals surface area contributed by atoms with Crippen LogP contribution in [0, 0.1) is 12.7 Å². The van der Waals surface area contributed by atoms with Gasteiger partial charge in [-0.3, -0.25) is 9.59 Å². The molecule has 0 bridgehead atoms. The Kier molecular flexibility index (Phi) is 5.64. The van der Waals surface area contributed by atoms with Gasteiger partial charge >= 0.3 is 0 Å². The van der Waals surface area contributed by atoms with Gasteiger partial charge in [-0.2, -0.15) is 5.10 Å². The number of aryl methyl sites for hydroxylation is 1. The van der Waals surface area contributed by atoms with Gasteiger partial charge in [0, 0.05) is 5.69 Å². The molecule has 0 radical (unpaired) electrons. The number of hydrogen-bond acceptors (Lipinski definition) is 4. The van der Waals surface area contributed by atoms with Gasteiger partial charge in [0.25, 0.3) is 11.8 Å². The highest BCUT2D eigenvalue weighted by Crippen LogP contribution is 2.14. The van der Waals surface area contributed by atoms with Gasteiger partial charge in [-0.1, -0.05) is 24.3 Å². The highest BCUT2D eigenvalue weighted by molar-refractivity contribution is 6.05. The summed E-state index contributed by atoms with van der Waals surface area (Å²) < 4.78 is 18.8. The van der Waals surface area contributed by atoms with E-state index in [9.17, 15) is 14.0 Å². The van der Waals surface area contributed by atoms with Crippen molar-refractivity contribution in [3.8, 4) is 0 Å². The molecule has 28 heavy (non-hydrogen) atoms. The molecule has 1 heterocycles. The molecule has 0 saturated carbocycles. The number of hydrazone groups is 1. The maximum Gasteiger partial charge on any atom is 0.274 e. The standard InChI is InChI=1S/C21H18FN3O3/c1-13(24-25-21(27)17-11-12-28-14(17)2)15-7-9-16(10-8-15)23-20(26)18-5-3-4-6-19(18)22/h3-12H,1-2H3,(H,23,26)(H,25,27)/b24-13-. The Morgan fingerprint density at radius 3 is 2.32 bits per heavy atom. The van der Waals surface area contributed by atoms with Gasteiger partial charge in [-0.05, 0) is 49.7 Å².